The molecule has 168 valence electrons. The average molecular weight is 470 g/mol. The predicted octanol–water partition coefficient (Wildman–Crippen LogP) is 4.40. The maximum atomic E-state index is 12.6. The van der Waals surface area contributed by atoms with Crippen molar-refractivity contribution in [1.29, 1.82) is 0 Å². The first-order chi connectivity index (χ1) is 15.4. The number of aromatic nitrogens is 1. The summed E-state index contributed by atoms with van der Waals surface area (Å²) in [5, 5.41) is 3.47. The third-order valence-electron chi connectivity index (χ3n) is 5.57. The Morgan fingerprint density at radius 1 is 1.03 bits per heavy atom. The summed E-state index contributed by atoms with van der Waals surface area (Å²) < 4.78 is 26.7. The number of hydrogen-bond donors (Lipinski definition) is 1. The van der Waals surface area contributed by atoms with Crippen LogP contribution in [0.5, 0.6) is 0 Å². The van der Waals surface area contributed by atoms with E-state index in [0.717, 1.165) is 29.7 Å². The number of amides is 1. The molecule has 3 aromatic rings. The molecule has 1 saturated heterocycles. The molecule has 0 bridgehead atoms. The number of nitrogens with zero attached hydrogens (tertiary/aromatic N) is 2. The molecule has 32 heavy (non-hydrogen) atoms. The maximum absolute atomic E-state index is 12.6. The van der Waals surface area contributed by atoms with Crippen molar-refractivity contribution in [1.82, 2.24) is 9.29 Å². The van der Waals surface area contributed by atoms with Crippen LogP contribution in [0.4, 0.5) is 5.13 Å². The summed E-state index contributed by atoms with van der Waals surface area (Å²) in [5.41, 5.74) is 3.38. The summed E-state index contributed by atoms with van der Waals surface area (Å²) >= 11 is 1.48. The van der Waals surface area contributed by atoms with Crippen molar-refractivity contribution in [2.45, 2.75) is 43.9 Å². The average Bonchev–Trinajstić information content (AvgIpc) is 3.47. The summed E-state index contributed by atoms with van der Waals surface area (Å²) in [6.45, 7) is 3.25. The van der Waals surface area contributed by atoms with Crippen LogP contribution < -0.4 is 5.32 Å². The largest absolute Gasteiger partial charge is 0.302 e. The lowest BCUT2D eigenvalue weighted by atomic mass is 10.1. The summed E-state index contributed by atoms with van der Waals surface area (Å²) in [5.74, 6) is -0.102. The van der Waals surface area contributed by atoms with Gasteiger partial charge in [-0.25, -0.2) is 13.4 Å². The second-order valence-electron chi connectivity index (χ2n) is 8.10. The number of carbonyl (C=O) groups excluding carboxylic acids is 1. The van der Waals surface area contributed by atoms with E-state index in [1.807, 2.05) is 0 Å². The number of rotatable bonds is 8. The van der Waals surface area contributed by atoms with Crippen LogP contribution in [0.2, 0.25) is 0 Å². The van der Waals surface area contributed by atoms with Gasteiger partial charge >= 0.3 is 0 Å². The second-order valence-corrected chi connectivity index (χ2v) is 11.2. The SMILES string of the molecule is Cc1ccc(Cc2cnc(NC(=O)CCc3ccc(S(=O)(=O)N4CCCC4)cc3)s2)cc1. The van der Waals surface area contributed by atoms with Crippen molar-refractivity contribution in [3.8, 4) is 0 Å². The van der Waals surface area contributed by atoms with Crippen molar-refractivity contribution in [2.24, 2.45) is 0 Å². The van der Waals surface area contributed by atoms with Crippen LogP contribution >= 0.6 is 11.3 Å². The topological polar surface area (TPSA) is 79.4 Å². The molecule has 0 spiro atoms. The van der Waals surface area contributed by atoms with E-state index in [1.54, 1.807) is 30.5 Å². The zero-order chi connectivity index (χ0) is 22.6. The van der Waals surface area contributed by atoms with Crippen molar-refractivity contribution in [3.05, 3.63) is 76.3 Å². The molecule has 0 aliphatic carbocycles. The molecule has 1 fully saturated rings. The molecule has 1 aliphatic heterocycles. The zero-order valence-corrected chi connectivity index (χ0v) is 19.7. The number of nitrogens with one attached hydrogen (secondary N) is 1. The lowest BCUT2D eigenvalue weighted by Gasteiger charge is -2.15. The van der Waals surface area contributed by atoms with Crippen LogP contribution in [0.3, 0.4) is 0 Å². The van der Waals surface area contributed by atoms with E-state index in [0.29, 0.717) is 36.0 Å². The molecule has 8 heteroatoms. The number of hydrogen-bond acceptors (Lipinski definition) is 5. The molecule has 1 amide bonds. The smallest absolute Gasteiger partial charge is 0.243 e. The Morgan fingerprint density at radius 3 is 2.38 bits per heavy atom. The minimum Gasteiger partial charge on any atom is -0.302 e. The zero-order valence-electron chi connectivity index (χ0n) is 18.1. The highest BCUT2D eigenvalue weighted by molar-refractivity contribution is 7.89. The molecule has 0 unspecified atom stereocenters. The van der Waals surface area contributed by atoms with Gasteiger partial charge in [0.15, 0.2) is 5.13 Å². The van der Waals surface area contributed by atoms with Crippen LogP contribution in [0.15, 0.2) is 59.6 Å². The molecule has 0 radical (unpaired) electrons. The summed E-state index contributed by atoms with van der Waals surface area (Å²) in [4.78, 5) is 18.1. The van der Waals surface area contributed by atoms with E-state index >= 15 is 0 Å². The fraction of sp³-hybridized carbons (Fsp3) is 0.333. The van der Waals surface area contributed by atoms with Gasteiger partial charge in [0.1, 0.15) is 0 Å². The van der Waals surface area contributed by atoms with E-state index in [2.05, 4.69) is 41.5 Å². The highest BCUT2D eigenvalue weighted by Crippen LogP contribution is 2.23. The van der Waals surface area contributed by atoms with Crippen molar-refractivity contribution < 1.29 is 13.2 Å². The maximum Gasteiger partial charge on any atom is 0.243 e. The third kappa shape index (κ3) is 5.62. The molecule has 0 saturated carbocycles. The van der Waals surface area contributed by atoms with Crippen LogP contribution in [0.1, 0.15) is 40.8 Å². The van der Waals surface area contributed by atoms with E-state index in [4.69, 9.17) is 0 Å². The van der Waals surface area contributed by atoms with Gasteiger partial charge < -0.3 is 5.32 Å². The quantitative estimate of drug-likeness (QED) is 0.530. The predicted molar refractivity (Wildman–Crippen MR) is 127 cm³/mol. The second kappa shape index (κ2) is 9.94. The molecule has 6 nitrogen and oxygen atoms in total. The number of carbonyl (C=O) groups is 1. The molecule has 2 aromatic carbocycles. The Labute approximate surface area is 193 Å². The van der Waals surface area contributed by atoms with Crippen molar-refractivity contribution in [2.75, 3.05) is 18.4 Å². The lowest BCUT2D eigenvalue weighted by Crippen LogP contribution is -2.27. The molecule has 4 rings (SSSR count). The number of aryl methyl sites for hydroxylation is 2. The number of sulfonamides is 1. The van der Waals surface area contributed by atoms with E-state index in [9.17, 15) is 13.2 Å². The summed E-state index contributed by atoms with van der Waals surface area (Å²) in [7, 11) is -3.40. The molecular weight excluding hydrogens is 442 g/mol. The van der Waals surface area contributed by atoms with Crippen LogP contribution in [0.25, 0.3) is 0 Å². The fourth-order valence-electron chi connectivity index (χ4n) is 3.70. The normalized spacial score (nSPS) is 14.5. The van der Waals surface area contributed by atoms with Gasteiger partial charge in [-0.15, -0.1) is 11.3 Å². The first-order valence-corrected chi connectivity index (χ1v) is 13.0. The molecule has 1 aromatic heterocycles. The minimum absolute atomic E-state index is 0.102. The molecule has 0 atom stereocenters. The van der Waals surface area contributed by atoms with Gasteiger partial charge in [0.25, 0.3) is 0 Å². The Balaban J connectivity index is 1.28. The lowest BCUT2D eigenvalue weighted by molar-refractivity contribution is -0.116. The van der Waals surface area contributed by atoms with Gasteiger partial charge in [-0.3, -0.25) is 4.79 Å². The Kier molecular flexibility index (Phi) is 7.03. The Morgan fingerprint density at radius 2 is 1.69 bits per heavy atom. The van der Waals surface area contributed by atoms with E-state index in [-0.39, 0.29) is 5.91 Å². The van der Waals surface area contributed by atoms with Gasteiger partial charge in [-0.2, -0.15) is 4.31 Å². The minimum atomic E-state index is -3.40. The number of thiazole rings is 1. The summed E-state index contributed by atoms with van der Waals surface area (Å²) in [6.07, 6.45) is 5.28. The third-order valence-corrected chi connectivity index (χ3v) is 8.39. The molecule has 1 N–H and O–H groups in total. The van der Waals surface area contributed by atoms with Crippen LogP contribution in [0, 0.1) is 6.92 Å². The fourth-order valence-corrected chi connectivity index (χ4v) is 6.08. The van der Waals surface area contributed by atoms with Crippen LogP contribution in [-0.2, 0) is 27.7 Å². The molecule has 2 heterocycles. The molecule has 1 aliphatic rings. The number of benzene rings is 2. The van der Waals surface area contributed by atoms with Crippen molar-refractivity contribution >= 4 is 32.4 Å². The highest BCUT2D eigenvalue weighted by atomic mass is 32.2. The van der Waals surface area contributed by atoms with Crippen molar-refractivity contribution in [3.63, 3.8) is 0 Å². The van der Waals surface area contributed by atoms with Gasteiger partial charge in [-0.1, -0.05) is 42.0 Å². The standard InChI is InChI=1S/C24H27N3O3S2/c1-18-4-6-20(7-5-18)16-21-17-25-24(31-21)26-23(28)13-10-19-8-11-22(12-9-19)32(29,30)27-14-2-3-15-27/h4-9,11-12,17H,2-3,10,13-16H2,1H3,(H,25,26,28). The Hall–Kier alpha value is -2.55. The molecular formula is C24H27N3O3S2. The monoisotopic (exact) mass is 469 g/mol. The Bertz CT molecular complexity index is 1160. The first kappa shape index (κ1) is 22.6. The van der Waals surface area contributed by atoms with Gasteiger partial charge in [-0.05, 0) is 49.4 Å². The van der Waals surface area contributed by atoms with Gasteiger partial charge in [0.05, 0.1) is 4.90 Å². The highest BCUT2D eigenvalue weighted by Gasteiger charge is 2.26. The van der Waals surface area contributed by atoms with Gasteiger partial charge in [0.2, 0.25) is 15.9 Å². The summed E-state index contributed by atoms with van der Waals surface area (Å²) in [6, 6.07) is 15.3. The van der Waals surface area contributed by atoms with Crippen LogP contribution in [-0.4, -0.2) is 36.7 Å². The van der Waals surface area contributed by atoms with E-state index in [1.165, 1.54) is 26.8 Å². The van der Waals surface area contributed by atoms with E-state index < -0.39 is 10.0 Å². The number of anilines is 1. The van der Waals surface area contributed by atoms with Gasteiger partial charge in [0, 0.05) is 37.0 Å². The first-order valence-electron chi connectivity index (χ1n) is 10.8.